The first-order valence-corrected chi connectivity index (χ1v) is 9.38. The average Bonchev–Trinajstić information content (AvgIpc) is 2.55. The van der Waals surface area contributed by atoms with E-state index in [4.69, 9.17) is 11.5 Å². The SMILES string of the molecule is COC(=O)c1c(Br)c(Br)c(Br)c(Br)c1C(=O)OC.NCCCN. The molecule has 0 aliphatic heterocycles. The molecule has 0 amide bonds. The van der Waals surface area contributed by atoms with Gasteiger partial charge in [0.2, 0.25) is 0 Å². The van der Waals surface area contributed by atoms with Gasteiger partial charge in [-0.25, -0.2) is 9.59 Å². The maximum atomic E-state index is 11.8. The molecule has 0 atom stereocenters. The quantitative estimate of drug-likeness (QED) is 0.319. The van der Waals surface area contributed by atoms with Gasteiger partial charge in [0.15, 0.2) is 0 Å². The molecule has 0 bridgehead atoms. The van der Waals surface area contributed by atoms with Crippen molar-refractivity contribution in [1.29, 1.82) is 0 Å². The summed E-state index contributed by atoms with van der Waals surface area (Å²) < 4.78 is 11.3. The summed E-state index contributed by atoms with van der Waals surface area (Å²) in [5.74, 6) is -1.28. The third kappa shape index (κ3) is 6.09. The fourth-order valence-electron chi connectivity index (χ4n) is 1.34. The van der Waals surface area contributed by atoms with Crippen molar-refractivity contribution >= 4 is 75.7 Å². The van der Waals surface area contributed by atoms with Gasteiger partial charge in [-0.3, -0.25) is 0 Å². The van der Waals surface area contributed by atoms with Crippen molar-refractivity contribution in [3.63, 3.8) is 0 Å². The first-order chi connectivity index (χ1) is 10.8. The predicted octanol–water partition coefficient (Wildman–Crippen LogP) is 3.60. The minimum atomic E-state index is -0.642. The summed E-state index contributed by atoms with van der Waals surface area (Å²) >= 11 is 13.1. The molecule has 0 heterocycles. The van der Waals surface area contributed by atoms with E-state index >= 15 is 0 Å². The normalized spacial score (nSPS) is 9.74. The summed E-state index contributed by atoms with van der Waals surface area (Å²) in [5.41, 5.74) is 10.3. The summed E-state index contributed by atoms with van der Waals surface area (Å²) in [5, 5.41) is 0. The first-order valence-electron chi connectivity index (χ1n) is 6.21. The Bertz CT molecular complexity index is 533. The van der Waals surface area contributed by atoms with Crippen LogP contribution < -0.4 is 11.5 Å². The Morgan fingerprint density at radius 2 is 1.09 bits per heavy atom. The van der Waals surface area contributed by atoms with Crippen molar-refractivity contribution in [1.82, 2.24) is 0 Å². The summed E-state index contributed by atoms with van der Waals surface area (Å²) in [4.78, 5) is 23.5. The Balaban J connectivity index is 0.000000841. The van der Waals surface area contributed by atoms with Crippen LogP contribution in [0.2, 0.25) is 0 Å². The van der Waals surface area contributed by atoms with Crippen molar-refractivity contribution in [2.24, 2.45) is 11.5 Å². The number of halogens is 4. The van der Waals surface area contributed by atoms with Crippen LogP contribution in [0.15, 0.2) is 17.9 Å². The van der Waals surface area contributed by atoms with E-state index in [1.807, 2.05) is 0 Å². The molecule has 1 aromatic carbocycles. The predicted molar refractivity (Wildman–Crippen MR) is 103 cm³/mol. The van der Waals surface area contributed by atoms with E-state index in [0.717, 1.165) is 19.5 Å². The van der Waals surface area contributed by atoms with Gasteiger partial charge < -0.3 is 20.9 Å². The molecule has 0 radical (unpaired) electrons. The van der Waals surface area contributed by atoms with E-state index in [2.05, 4.69) is 73.2 Å². The molecule has 0 aliphatic carbocycles. The second kappa shape index (κ2) is 11.5. The number of carbonyl (C=O) groups is 2. The van der Waals surface area contributed by atoms with Crippen molar-refractivity contribution in [3.8, 4) is 0 Å². The van der Waals surface area contributed by atoms with Gasteiger partial charge >= 0.3 is 11.9 Å². The Morgan fingerprint density at radius 3 is 1.26 bits per heavy atom. The summed E-state index contributed by atoms with van der Waals surface area (Å²) in [7, 11) is 2.47. The Labute approximate surface area is 168 Å². The van der Waals surface area contributed by atoms with Crippen LogP contribution in [0.25, 0.3) is 0 Å². The van der Waals surface area contributed by atoms with Gasteiger partial charge in [0.1, 0.15) is 0 Å². The van der Waals surface area contributed by atoms with Crippen LogP contribution in [-0.2, 0) is 9.47 Å². The molecular formula is C13H16Br4N2O4. The van der Waals surface area contributed by atoms with Gasteiger partial charge in [-0.2, -0.15) is 0 Å². The fraction of sp³-hybridized carbons (Fsp3) is 0.385. The summed E-state index contributed by atoms with van der Waals surface area (Å²) in [6.07, 6.45) is 0.944. The van der Waals surface area contributed by atoms with Crippen LogP contribution in [-0.4, -0.2) is 39.2 Å². The molecule has 4 N–H and O–H groups in total. The smallest absolute Gasteiger partial charge is 0.339 e. The largest absolute Gasteiger partial charge is 0.465 e. The molecule has 1 aromatic rings. The zero-order chi connectivity index (χ0) is 18.2. The number of esters is 2. The third-order valence-corrected chi connectivity index (χ3v) is 7.22. The lowest BCUT2D eigenvalue weighted by Gasteiger charge is -2.14. The molecule has 0 saturated heterocycles. The lowest BCUT2D eigenvalue weighted by Crippen LogP contribution is -2.14. The second-order valence-corrected chi connectivity index (χ2v) is 7.09. The molecule has 0 saturated carbocycles. The van der Waals surface area contributed by atoms with Crippen LogP contribution in [0.1, 0.15) is 27.1 Å². The van der Waals surface area contributed by atoms with Crippen molar-refractivity contribution in [2.75, 3.05) is 27.3 Å². The highest BCUT2D eigenvalue weighted by molar-refractivity contribution is 9.15. The molecule has 0 aromatic heterocycles. The van der Waals surface area contributed by atoms with E-state index in [1.54, 1.807) is 0 Å². The van der Waals surface area contributed by atoms with Crippen molar-refractivity contribution in [3.05, 3.63) is 29.0 Å². The maximum absolute atomic E-state index is 11.8. The number of nitrogens with two attached hydrogens (primary N) is 2. The Hall–Kier alpha value is -0.000000000000000153. The van der Waals surface area contributed by atoms with Crippen LogP contribution in [0.3, 0.4) is 0 Å². The van der Waals surface area contributed by atoms with E-state index in [0.29, 0.717) is 17.9 Å². The Morgan fingerprint density at radius 1 is 0.783 bits per heavy atom. The van der Waals surface area contributed by atoms with E-state index in [1.165, 1.54) is 14.2 Å². The lowest BCUT2D eigenvalue weighted by molar-refractivity contribution is 0.0553. The minimum Gasteiger partial charge on any atom is -0.465 e. The molecule has 0 aliphatic rings. The monoisotopic (exact) mass is 580 g/mol. The van der Waals surface area contributed by atoms with E-state index < -0.39 is 11.9 Å². The molecule has 10 heteroatoms. The zero-order valence-electron chi connectivity index (χ0n) is 12.4. The molecule has 6 nitrogen and oxygen atoms in total. The average molecular weight is 584 g/mol. The molecule has 0 unspecified atom stereocenters. The van der Waals surface area contributed by atoms with Crippen LogP contribution >= 0.6 is 63.7 Å². The second-order valence-electron chi connectivity index (χ2n) is 3.92. The zero-order valence-corrected chi connectivity index (χ0v) is 18.8. The molecule has 1 rings (SSSR count). The number of hydrogen-bond acceptors (Lipinski definition) is 6. The van der Waals surface area contributed by atoms with E-state index in [-0.39, 0.29) is 11.1 Å². The highest BCUT2D eigenvalue weighted by Gasteiger charge is 2.28. The molecule has 130 valence electrons. The maximum Gasteiger partial charge on any atom is 0.339 e. The molecule has 23 heavy (non-hydrogen) atoms. The highest BCUT2D eigenvalue weighted by Crippen LogP contribution is 2.42. The molecule has 0 fully saturated rings. The lowest BCUT2D eigenvalue weighted by atomic mass is 10.1. The molecular weight excluding hydrogens is 568 g/mol. The number of ether oxygens (including phenoxy) is 2. The number of hydrogen-bond donors (Lipinski definition) is 2. The summed E-state index contributed by atoms with van der Waals surface area (Å²) in [6, 6.07) is 0. The van der Waals surface area contributed by atoms with Gasteiger partial charge in [-0.05, 0) is 83.2 Å². The fourth-order valence-corrected chi connectivity index (χ4v) is 3.78. The van der Waals surface area contributed by atoms with Gasteiger partial charge in [0, 0.05) is 17.9 Å². The first kappa shape index (κ1) is 23.0. The van der Waals surface area contributed by atoms with Crippen LogP contribution in [0.4, 0.5) is 0 Å². The standard InChI is InChI=1S/C10H6Br4O4.C3H10N2/c1-17-9(15)3-4(10(16)18-2)6(12)8(14)7(13)5(3)11;4-2-1-3-5/h1-2H3;1-5H2. The number of carbonyl (C=O) groups excluding carboxylic acids is 2. The number of rotatable bonds is 4. The summed E-state index contributed by atoms with van der Waals surface area (Å²) in [6.45, 7) is 1.44. The molecule has 0 spiro atoms. The number of methoxy groups -OCH3 is 2. The van der Waals surface area contributed by atoms with Crippen LogP contribution in [0, 0.1) is 0 Å². The van der Waals surface area contributed by atoms with Crippen molar-refractivity contribution < 1.29 is 19.1 Å². The minimum absolute atomic E-state index is 0.0892. The van der Waals surface area contributed by atoms with Crippen LogP contribution in [0.5, 0.6) is 0 Å². The third-order valence-electron chi connectivity index (χ3n) is 2.45. The topological polar surface area (TPSA) is 105 Å². The Kier molecular flexibility index (Phi) is 11.5. The van der Waals surface area contributed by atoms with Gasteiger partial charge in [0.05, 0.1) is 25.3 Å². The van der Waals surface area contributed by atoms with Gasteiger partial charge in [-0.1, -0.05) is 0 Å². The van der Waals surface area contributed by atoms with Crippen molar-refractivity contribution in [2.45, 2.75) is 6.42 Å². The highest BCUT2D eigenvalue weighted by atomic mass is 79.9. The van der Waals surface area contributed by atoms with Gasteiger partial charge in [-0.15, -0.1) is 0 Å². The van der Waals surface area contributed by atoms with Gasteiger partial charge in [0.25, 0.3) is 0 Å². The van der Waals surface area contributed by atoms with E-state index in [9.17, 15) is 9.59 Å². The number of benzene rings is 1.